The summed E-state index contributed by atoms with van der Waals surface area (Å²) in [6.07, 6.45) is 0. The molecule has 0 unspecified atom stereocenters. The minimum absolute atomic E-state index is 0.160. The van der Waals surface area contributed by atoms with Crippen LogP contribution in [-0.2, 0) is 0 Å². The fourth-order valence-electron chi connectivity index (χ4n) is 1.76. The Labute approximate surface area is 90.3 Å². The van der Waals surface area contributed by atoms with Crippen molar-refractivity contribution < 1.29 is 0 Å². The van der Waals surface area contributed by atoms with E-state index in [-0.39, 0.29) is 5.54 Å². The molecule has 0 aromatic carbocycles. The first-order chi connectivity index (χ1) is 6.24. The lowest BCUT2D eigenvalue weighted by Gasteiger charge is -2.38. The number of hydrogen-bond donors (Lipinski definition) is 3. The lowest BCUT2D eigenvalue weighted by atomic mass is 10.1. The molecule has 0 rings (SSSR count). The second-order valence-corrected chi connectivity index (χ2v) is 8.85. The molecule has 0 saturated carbocycles. The van der Waals surface area contributed by atoms with Crippen molar-refractivity contribution >= 4 is 8.56 Å². The molecule has 0 spiro atoms. The third kappa shape index (κ3) is 5.10. The van der Waals surface area contributed by atoms with Gasteiger partial charge in [-0.05, 0) is 46.8 Å². The number of nitrogens with one attached hydrogen (secondary N) is 3. The fourth-order valence-corrected chi connectivity index (χ4v) is 5.27. The van der Waals surface area contributed by atoms with Gasteiger partial charge >= 0.3 is 0 Å². The topological polar surface area (TPSA) is 36.1 Å². The molecule has 0 aliphatic carbocycles. The number of hydrogen-bond acceptors (Lipinski definition) is 3. The Hall–Kier alpha value is 0.0969. The van der Waals surface area contributed by atoms with Crippen LogP contribution in [0.3, 0.4) is 0 Å². The van der Waals surface area contributed by atoms with Crippen LogP contribution in [-0.4, -0.2) is 28.2 Å². The normalized spacial score (nSPS) is 13.7. The van der Waals surface area contributed by atoms with E-state index < -0.39 is 8.56 Å². The van der Waals surface area contributed by atoms with Crippen LogP contribution >= 0.6 is 0 Å². The predicted octanol–water partition coefficient (Wildman–Crippen LogP) is 1.41. The highest BCUT2D eigenvalue weighted by atomic mass is 28.4. The molecule has 3 N–H and O–H groups in total. The molecular formula is C10H27N3Si. The van der Waals surface area contributed by atoms with E-state index in [9.17, 15) is 0 Å². The quantitative estimate of drug-likeness (QED) is 0.610. The highest BCUT2D eigenvalue weighted by molar-refractivity contribution is 6.72. The van der Waals surface area contributed by atoms with Crippen LogP contribution in [0.5, 0.6) is 0 Å². The second-order valence-electron chi connectivity index (χ2n) is 5.38. The molecule has 0 saturated heterocycles. The van der Waals surface area contributed by atoms with E-state index in [1.54, 1.807) is 0 Å². The average molecular weight is 217 g/mol. The summed E-state index contributed by atoms with van der Waals surface area (Å²) in [5.74, 6) is 0.705. The van der Waals surface area contributed by atoms with Crippen LogP contribution < -0.4 is 14.9 Å². The highest BCUT2D eigenvalue weighted by Gasteiger charge is 2.35. The summed E-state index contributed by atoms with van der Waals surface area (Å²) in [5, 5.41) is 0. The molecule has 86 valence electrons. The molecule has 0 atom stereocenters. The van der Waals surface area contributed by atoms with Gasteiger partial charge in [0.2, 0.25) is 0 Å². The van der Waals surface area contributed by atoms with Gasteiger partial charge in [-0.1, -0.05) is 13.8 Å². The van der Waals surface area contributed by atoms with E-state index in [1.807, 2.05) is 14.1 Å². The Kier molecular flexibility index (Phi) is 5.29. The fraction of sp³-hybridized carbons (Fsp3) is 1.00. The van der Waals surface area contributed by atoms with E-state index in [0.717, 1.165) is 0 Å². The predicted molar refractivity (Wildman–Crippen MR) is 66.4 cm³/mol. The molecule has 0 aliphatic rings. The van der Waals surface area contributed by atoms with Gasteiger partial charge in [0, 0.05) is 5.54 Å². The molecule has 14 heavy (non-hydrogen) atoms. The summed E-state index contributed by atoms with van der Waals surface area (Å²) in [4.78, 5) is 10.7. The zero-order valence-electron chi connectivity index (χ0n) is 10.8. The van der Waals surface area contributed by atoms with Gasteiger partial charge in [-0.2, -0.15) is 0 Å². The van der Waals surface area contributed by atoms with Crippen molar-refractivity contribution in [2.45, 2.75) is 46.2 Å². The van der Waals surface area contributed by atoms with Crippen molar-refractivity contribution in [3.05, 3.63) is 0 Å². The van der Waals surface area contributed by atoms with Crippen LogP contribution in [0.25, 0.3) is 0 Å². The summed E-state index contributed by atoms with van der Waals surface area (Å²) in [6, 6.07) is 1.19. The molecule has 0 radical (unpaired) electrons. The largest absolute Gasteiger partial charge is 0.316 e. The van der Waals surface area contributed by atoms with Crippen molar-refractivity contribution in [1.82, 2.24) is 14.9 Å². The van der Waals surface area contributed by atoms with Crippen molar-refractivity contribution in [2.75, 3.05) is 14.1 Å². The Balaban J connectivity index is 4.53. The third-order valence-corrected chi connectivity index (χ3v) is 6.47. The maximum atomic E-state index is 3.72. The van der Waals surface area contributed by atoms with E-state index in [2.05, 4.69) is 49.6 Å². The van der Waals surface area contributed by atoms with Gasteiger partial charge in [0.15, 0.2) is 0 Å². The molecule has 0 aromatic heterocycles. The van der Waals surface area contributed by atoms with Crippen LogP contribution in [0.4, 0.5) is 0 Å². The lowest BCUT2D eigenvalue weighted by molar-refractivity contribution is 0.490. The first-order valence-corrected chi connectivity index (χ1v) is 7.62. The Morgan fingerprint density at radius 3 is 1.71 bits per heavy atom. The van der Waals surface area contributed by atoms with Gasteiger partial charge in [0.05, 0.1) is 0 Å². The average Bonchev–Trinajstić information content (AvgIpc) is 1.99. The lowest BCUT2D eigenvalue weighted by Crippen LogP contribution is -2.74. The van der Waals surface area contributed by atoms with Gasteiger partial charge in [-0.3, -0.25) is 0 Å². The second kappa shape index (κ2) is 5.26. The Morgan fingerprint density at radius 2 is 1.50 bits per heavy atom. The first-order valence-electron chi connectivity index (χ1n) is 5.42. The van der Waals surface area contributed by atoms with E-state index >= 15 is 0 Å². The van der Waals surface area contributed by atoms with Crippen molar-refractivity contribution in [3.63, 3.8) is 0 Å². The van der Waals surface area contributed by atoms with Crippen LogP contribution in [0.15, 0.2) is 0 Å². The number of rotatable bonds is 5. The summed E-state index contributed by atoms with van der Waals surface area (Å²) in [6.45, 7) is 11.2. The zero-order valence-corrected chi connectivity index (χ0v) is 11.8. The molecule has 0 amide bonds. The highest BCUT2D eigenvalue weighted by Crippen LogP contribution is 2.12. The Morgan fingerprint density at radius 1 is 1.07 bits per heavy atom. The maximum Gasteiger partial charge on any atom is 0.281 e. The van der Waals surface area contributed by atoms with Gasteiger partial charge in [0.1, 0.15) is 0 Å². The minimum atomic E-state index is -1.69. The summed E-state index contributed by atoms with van der Waals surface area (Å²) >= 11 is 0. The monoisotopic (exact) mass is 217 g/mol. The molecule has 0 aliphatic heterocycles. The molecule has 3 nitrogen and oxygen atoms in total. The summed E-state index contributed by atoms with van der Waals surface area (Å²) in [7, 11) is 2.40. The molecule has 0 aromatic rings. The van der Waals surface area contributed by atoms with Crippen LogP contribution in [0.1, 0.15) is 34.6 Å². The molecular weight excluding hydrogens is 190 g/mol. The van der Waals surface area contributed by atoms with E-state index in [4.69, 9.17) is 0 Å². The van der Waals surface area contributed by atoms with Crippen molar-refractivity contribution in [3.8, 4) is 0 Å². The van der Waals surface area contributed by atoms with Crippen molar-refractivity contribution in [1.29, 1.82) is 0 Å². The third-order valence-electron chi connectivity index (χ3n) is 2.16. The maximum absolute atomic E-state index is 3.72. The smallest absolute Gasteiger partial charge is 0.281 e. The summed E-state index contributed by atoms with van der Waals surface area (Å²) < 4.78 is 0. The van der Waals surface area contributed by atoms with Crippen LogP contribution in [0, 0.1) is 5.92 Å². The SMILES string of the molecule is CN[Si](CC(C)C)(NC)NC(C)(C)C. The molecule has 0 fully saturated rings. The van der Waals surface area contributed by atoms with Crippen molar-refractivity contribution in [2.24, 2.45) is 5.92 Å². The van der Waals surface area contributed by atoms with Gasteiger partial charge < -0.3 is 14.9 Å². The summed E-state index contributed by atoms with van der Waals surface area (Å²) in [5.41, 5.74) is 0.160. The Bertz CT molecular complexity index is 159. The van der Waals surface area contributed by atoms with Crippen LogP contribution in [0.2, 0.25) is 6.04 Å². The molecule has 0 heterocycles. The zero-order chi connectivity index (χ0) is 11.4. The molecule has 0 bridgehead atoms. The molecule has 4 heteroatoms. The minimum Gasteiger partial charge on any atom is -0.316 e. The standard InChI is InChI=1S/C10H27N3Si/c1-9(2)8-14(11-6,12-7)13-10(3,4)5/h9,11-13H,8H2,1-7H3. The van der Waals surface area contributed by atoms with Gasteiger partial charge in [0.25, 0.3) is 8.56 Å². The first kappa shape index (κ1) is 14.1. The van der Waals surface area contributed by atoms with Gasteiger partial charge in [-0.25, -0.2) is 0 Å². The van der Waals surface area contributed by atoms with E-state index in [0.29, 0.717) is 5.92 Å². The van der Waals surface area contributed by atoms with E-state index in [1.165, 1.54) is 6.04 Å². The van der Waals surface area contributed by atoms with Gasteiger partial charge in [-0.15, -0.1) is 0 Å².